The summed E-state index contributed by atoms with van der Waals surface area (Å²) in [6.07, 6.45) is 10.1. The molecule has 3 aromatic rings. The topological polar surface area (TPSA) is 71.1 Å². The van der Waals surface area contributed by atoms with Crippen molar-refractivity contribution in [2.75, 3.05) is 26.4 Å². The van der Waals surface area contributed by atoms with Gasteiger partial charge in [0.2, 0.25) is 0 Å². The third-order valence-electron chi connectivity index (χ3n) is 6.84. The second-order valence-electron chi connectivity index (χ2n) is 10.1. The Morgan fingerprint density at radius 3 is 1.42 bits per heavy atom. The molecule has 0 N–H and O–H groups in total. The number of rotatable bonds is 20. The Hall–Kier alpha value is -3.89. The van der Waals surface area contributed by atoms with Gasteiger partial charge in [-0.1, -0.05) is 49.6 Å². The van der Waals surface area contributed by atoms with E-state index in [4.69, 9.17) is 18.9 Å². The van der Waals surface area contributed by atoms with E-state index in [0.29, 0.717) is 26.4 Å². The molecule has 3 rings (SSSR count). The van der Waals surface area contributed by atoms with Crippen molar-refractivity contribution in [1.82, 2.24) is 0 Å². The predicted molar refractivity (Wildman–Crippen MR) is 177 cm³/mol. The highest BCUT2D eigenvalue weighted by atomic mass is 31.0. The van der Waals surface area contributed by atoms with Crippen molar-refractivity contribution >= 4 is 26.5 Å². The normalized spacial score (nSPS) is 10.5. The SMILES string of the molecule is C=CC(=O)OCCCCCCOc1ccc(-c2ccc(-c3ccc(OCCCCCCOC(=O)C=C)cc3)c(P)c2)cc1. The zero-order valence-electron chi connectivity index (χ0n) is 24.9. The molecule has 0 aromatic heterocycles. The molecule has 6 nitrogen and oxygen atoms in total. The first-order chi connectivity index (χ1) is 21.0. The van der Waals surface area contributed by atoms with Crippen LogP contribution in [0.15, 0.2) is 92.0 Å². The monoisotopic (exact) mass is 602 g/mol. The highest BCUT2D eigenvalue weighted by Gasteiger charge is 2.07. The first-order valence-electron chi connectivity index (χ1n) is 14.9. The fraction of sp³-hybridized carbons (Fsp3) is 0.333. The molecule has 0 aliphatic rings. The molecule has 0 radical (unpaired) electrons. The van der Waals surface area contributed by atoms with Gasteiger partial charge in [-0.2, -0.15) is 0 Å². The van der Waals surface area contributed by atoms with Crippen LogP contribution in [0.1, 0.15) is 51.4 Å². The van der Waals surface area contributed by atoms with Crippen LogP contribution in [0.5, 0.6) is 11.5 Å². The molecular weight excluding hydrogens is 559 g/mol. The number of ether oxygens (including phenoxy) is 4. The van der Waals surface area contributed by atoms with Crippen LogP contribution in [0.3, 0.4) is 0 Å². The van der Waals surface area contributed by atoms with Gasteiger partial charge in [0.15, 0.2) is 0 Å². The molecule has 0 saturated heterocycles. The zero-order chi connectivity index (χ0) is 30.7. The number of benzene rings is 3. The molecule has 0 aliphatic carbocycles. The van der Waals surface area contributed by atoms with Crippen molar-refractivity contribution in [2.45, 2.75) is 51.4 Å². The average molecular weight is 603 g/mol. The first kappa shape index (κ1) is 33.6. The van der Waals surface area contributed by atoms with Gasteiger partial charge >= 0.3 is 11.9 Å². The average Bonchev–Trinajstić information content (AvgIpc) is 3.03. The summed E-state index contributed by atoms with van der Waals surface area (Å²) < 4.78 is 21.8. The Balaban J connectivity index is 1.38. The third-order valence-corrected chi connectivity index (χ3v) is 7.32. The number of hydrogen-bond acceptors (Lipinski definition) is 6. The van der Waals surface area contributed by atoms with Crippen molar-refractivity contribution < 1.29 is 28.5 Å². The van der Waals surface area contributed by atoms with Crippen LogP contribution in [0.4, 0.5) is 0 Å². The van der Waals surface area contributed by atoms with Crippen LogP contribution in [0.2, 0.25) is 0 Å². The molecular formula is C36H43O6P. The van der Waals surface area contributed by atoms with E-state index in [1.165, 1.54) is 12.2 Å². The molecule has 7 heteroatoms. The van der Waals surface area contributed by atoms with E-state index >= 15 is 0 Å². The van der Waals surface area contributed by atoms with E-state index in [-0.39, 0.29) is 11.9 Å². The Morgan fingerprint density at radius 1 is 0.558 bits per heavy atom. The second kappa shape index (κ2) is 19.3. The van der Waals surface area contributed by atoms with Gasteiger partial charge in [0.05, 0.1) is 26.4 Å². The van der Waals surface area contributed by atoms with Gasteiger partial charge in [-0.25, -0.2) is 9.59 Å². The maximum atomic E-state index is 11.0. The lowest BCUT2D eigenvalue weighted by atomic mass is 10.00. The molecule has 228 valence electrons. The number of hydrogen-bond donors (Lipinski definition) is 0. The van der Waals surface area contributed by atoms with Crippen molar-refractivity contribution in [1.29, 1.82) is 0 Å². The predicted octanol–water partition coefficient (Wildman–Crippen LogP) is 7.86. The van der Waals surface area contributed by atoms with E-state index in [1.54, 1.807) is 0 Å². The zero-order valence-corrected chi connectivity index (χ0v) is 26.1. The fourth-order valence-corrected chi connectivity index (χ4v) is 4.88. The Bertz CT molecular complexity index is 1300. The smallest absolute Gasteiger partial charge is 0.330 e. The molecule has 1 atom stereocenters. The standard InChI is InChI=1S/C36H43O6P/c1-3-35(37)41-25-11-7-5-9-23-39-31-18-13-28(14-19-31)30-17-22-33(34(43)27-30)29-15-20-32(21-16-29)40-24-10-6-8-12-26-42-36(38)4-2/h3-4,13-22,27H,1-2,5-12,23-26,43H2. The summed E-state index contributed by atoms with van der Waals surface area (Å²) in [5.41, 5.74) is 4.59. The van der Waals surface area contributed by atoms with E-state index in [0.717, 1.165) is 90.4 Å². The van der Waals surface area contributed by atoms with E-state index in [1.807, 2.05) is 24.3 Å². The summed E-state index contributed by atoms with van der Waals surface area (Å²) in [5, 5.41) is 1.13. The van der Waals surface area contributed by atoms with E-state index in [9.17, 15) is 9.59 Å². The number of esters is 2. The second-order valence-corrected chi connectivity index (χ2v) is 10.7. The lowest BCUT2D eigenvalue weighted by Gasteiger charge is -2.11. The van der Waals surface area contributed by atoms with Gasteiger partial charge < -0.3 is 18.9 Å². The lowest BCUT2D eigenvalue weighted by Crippen LogP contribution is -2.02. The number of unbranched alkanes of at least 4 members (excludes halogenated alkanes) is 6. The van der Waals surface area contributed by atoms with Gasteiger partial charge in [0, 0.05) is 12.2 Å². The molecule has 0 amide bonds. The van der Waals surface area contributed by atoms with Crippen LogP contribution in [0, 0.1) is 0 Å². The molecule has 0 heterocycles. The maximum absolute atomic E-state index is 11.0. The summed E-state index contributed by atoms with van der Waals surface area (Å²) in [4.78, 5) is 22.0. The van der Waals surface area contributed by atoms with Crippen LogP contribution < -0.4 is 14.8 Å². The fourth-order valence-electron chi connectivity index (χ4n) is 4.44. The van der Waals surface area contributed by atoms with Crippen LogP contribution in [-0.2, 0) is 19.1 Å². The molecule has 0 saturated carbocycles. The van der Waals surface area contributed by atoms with Crippen LogP contribution in [-0.4, -0.2) is 38.4 Å². The van der Waals surface area contributed by atoms with Gasteiger partial charge in [0.25, 0.3) is 0 Å². The van der Waals surface area contributed by atoms with Gasteiger partial charge in [-0.15, -0.1) is 9.24 Å². The first-order valence-corrected chi connectivity index (χ1v) is 15.5. The molecule has 0 spiro atoms. The molecule has 0 aliphatic heterocycles. The van der Waals surface area contributed by atoms with Crippen molar-refractivity contribution in [2.24, 2.45) is 0 Å². The summed E-state index contributed by atoms with van der Waals surface area (Å²) in [6.45, 7) is 8.98. The molecule has 43 heavy (non-hydrogen) atoms. The van der Waals surface area contributed by atoms with Gasteiger partial charge in [-0.05, 0) is 109 Å². The number of carbonyl (C=O) groups excluding carboxylic acids is 2. The minimum atomic E-state index is -0.365. The highest BCUT2D eigenvalue weighted by molar-refractivity contribution is 7.28. The number of carbonyl (C=O) groups is 2. The Morgan fingerprint density at radius 2 is 0.977 bits per heavy atom. The van der Waals surface area contributed by atoms with Crippen molar-refractivity contribution in [3.05, 3.63) is 92.0 Å². The summed E-state index contributed by atoms with van der Waals surface area (Å²) >= 11 is 0. The Labute approximate surface area is 258 Å². The lowest BCUT2D eigenvalue weighted by molar-refractivity contribution is -0.138. The largest absolute Gasteiger partial charge is 0.494 e. The summed E-state index contributed by atoms with van der Waals surface area (Å²) in [6, 6.07) is 22.9. The molecule has 0 fully saturated rings. The van der Waals surface area contributed by atoms with Crippen molar-refractivity contribution in [3.63, 3.8) is 0 Å². The molecule has 3 aromatic carbocycles. The third kappa shape index (κ3) is 12.5. The quantitative estimate of drug-likeness (QED) is 0.0568. The minimum absolute atomic E-state index is 0.365. The maximum Gasteiger partial charge on any atom is 0.330 e. The van der Waals surface area contributed by atoms with Gasteiger partial charge in [-0.3, -0.25) is 0 Å². The van der Waals surface area contributed by atoms with Crippen LogP contribution in [0.25, 0.3) is 22.3 Å². The van der Waals surface area contributed by atoms with E-state index < -0.39 is 0 Å². The Kier molecular flexibility index (Phi) is 15.1. The highest BCUT2D eigenvalue weighted by Crippen LogP contribution is 2.28. The summed E-state index contributed by atoms with van der Waals surface area (Å²) in [7, 11) is 2.86. The molecule has 1 unspecified atom stereocenters. The van der Waals surface area contributed by atoms with Crippen molar-refractivity contribution in [3.8, 4) is 33.8 Å². The molecule has 0 bridgehead atoms. The van der Waals surface area contributed by atoms with Gasteiger partial charge in [0.1, 0.15) is 11.5 Å². The summed E-state index contributed by atoms with van der Waals surface area (Å²) in [5.74, 6) is 0.992. The minimum Gasteiger partial charge on any atom is -0.494 e. The van der Waals surface area contributed by atoms with Crippen LogP contribution >= 0.6 is 9.24 Å². The van der Waals surface area contributed by atoms with E-state index in [2.05, 4.69) is 64.9 Å².